The number of likely N-dealkylation sites (tertiary alicyclic amines) is 1. The van der Waals surface area contributed by atoms with Crippen LogP contribution < -0.4 is 5.32 Å². The number of nitrogens with zero attached hydrogens (tertiary/aromatic N) is 2. The molecule has 2 amide bonds. The number of ether oxygens (including phenoxy) is 1. The van der Waals surface area contributed by atoms with E-state index in [1.807, 2.05) is 0 Å². The van der Waals surface area contributed by atoms with Crippen LogP contribution in [-0.4, -0.2) is 47.3 Å². The molecule has 9 heteroatoms. The van der Waals surface area contributed by atoms with Crippen molar-refractivity contribution < 1.29 is 27.5 Å². The molecule has 6 nitrogen and oxygen atoms in total. The van der Waals surface area contributed by atoms with Gasteiger partial charge in [0.1, 0.15) is 6.04 Å². The fraction of sp³-hybridized carbons (Fsp3) is 0.533. The molecule has 2 rings (SSSR count). The number of rotatable bonds is 4. The van der Waals surface area contributed by atoms with E-state index in [2.05, 4.69) is 15.0 Å². The number of aromatic nitrogens is 1. The van der Waals surface area contributed by atoms with Crippen molar-refractivity contribution in [2.45, 2.75) is 38.0 Å². The predicted molar refractivity (Wildman–Crippen MR) is 77.9 cm³/mol. The maximum Gasteiger partial charge on any atom is 0.422 e. The molecule has 0 aromatic carbocycles. The number of carbonyl (C=O) groups is 2. The third-order valence-corrected chi connectivity index (χ3v) is 3.71. The molecule has 1 aliphatic heterocycles. The van der Waals surface area contributed by atoms with Crippen LogP contribution in [0.25, 0.3) is 0 Å². The zero-order chi connectivity index (χ0) is 17.7. The Labute approximate surface area is 137 Å². The van der Waals surface area contributed by atoms with Crippen molar-refractivity contribution >= 4 is 12.0 Å². The van der Waals surface area contributed by atoms with E-state index in [4.69, 9.17) is 0 Å². The molecule has 1 aliphatic rings. The molecule has 132 valence electrons. The third-order valence-electron chi connectivity index (χ3n) is 3.71. The number of amides is 2. The zero-order valence-corrected chi connectivity index (χ0v) is 13.0. The average molecular weight is 345 g/mol. The van der Waals surface area contributed by atoms with Gasteiger partial charge >= 0.3 is 12.3 Å². The van der Waals surface area contributed by atoms with Gasteiger partial charge in [-0.1, -0.05) is 0 Å². The molecule has 0 saturated carbocycles. The van der Waals surface area contributed by atoms with Crippen LogP contribution in [0.1, 0.15) is 31.4 Å². The summed E-state index contributed by atoms with van der Waals surface area (Å²) in [6.45, 7) is 0.303. The van der Waals surface area contributed by atoms with Gasteiger partial charge in [0.15, 0.2) is 6.61 Å². The Balaban J connectivity index is 1.94. The number of hydrogen-bond acceptors (Lipinski definition) is 4. The molecule has 1 aromatic heterocycles. The molecule has 0 unspecified atom stereocenters. The smallest absolute Gasteiger partial charge is 0.422 e. The Kier molecular flexibility index (Phi) is 5.63. The lowest BCUT2D eigenvalue weighted by Gasteiger charge is -2.25. The summed E-state index contributed by atoms with van der Waals surface area (Å²) in [5, 5.41) is 2.76. The van der Waals surface area contributed by atoms with E-state index in [0.717, 1.165) is 10.5 Å². The number of halogens is 3. The Bertz CT molecular complexity index is 580. The predicted octanol–water partition coefficient (Wildman–Crippen LogP) is 2.42. The van der Waals surface area contributed by atoms with E-state index in [-0.39, 0.29) is 12.6 Å². The number of pyridine rings is 1. The first-order chi connectivity index (χ1) is 11.3. The molecule has 0 aliphatic carbocycles. The number of carbonyl (C=O) groups excluding carboxylic acids is 2. The summed E-state index contributed by atoms with van der Waals surface area (Å²) in [7, 11) is 0. The summed E-state index contributed by atoms with van der Waals surface area (Å²) in [5.41, 5.74) is 0.836. The quantitative estimate of drug-likeness (QED) is 0.910. The van der Waals surface area contributed by atoms with Crippen LogP contribution in [0.15, 0.2) is 24.5 Å². The highest BCUT2D eigenvalue weighted by molar-refractivity contribution is 5.86. The molecule has 1 fully saturated rings. The fourth-order valence-corrected chi connectivity index (χ4v) is 2.53. The largest absolute Gasteiger partial charge is 0.440 e. The van der Waals surface area contributed by atoms with Gasteiger partial charge < -0.3 is 10.1 Å². The maximum absolute atomic E-state index is 12.3. The molecular formula is C15H18F3N3O3. The van der Waals surface area contributed by atoms with Gasteiger partial charge in [0, 0.05) is 18.9 Å². The molecule has 0 bridgehead atoms. The monoisotopic (exact) mass is 345 g/mol. The lowest BCUT2D eigenvalue weighted by molar-refractivity contribution is -0.162. The summed E-state index contributed by atoms with van der Waals surface area (Å²) in [6, 6.07) is 2.35. The number of hydrogen-bond donors (Lipinski definition) is 1. The fourth-order valence-electron chi connectivity index (χ4n) is 2.53. The lowest BCUT2D eigenvalue weighted by Crippen LogP contribution is -2.47. The highest BCUT2D eigenvalue weighted by atomic mass is 19.4. The highest BCUT2D eigenvalue weighted by Gasteiger charge is 2.37. The summed E-state index contributed by atoms with van der Waals surface area (Å²) < 4.78 is 40.6. The molecule has 0 radical (unpaired) electrons. The van der Waals surface area contributed by atoms with Gasteiger partial charge in [-0.3, -0.25) is 14.7 Å². The van der Waals surface area contributed by atoms with Gasteiger partial charge in [-0.05, 0) is 37.5 Å². The van der Waals surface area contributed by atoms with Crippen LogP contribution in [0.4, 0.5) is 18.0 Å². The van der Waals surface area contributed by atoms with E-state index in [1.54, 1.807) is 31.5 Å². The van der Waals surface area contributed by atoms with Crippen molar-refractivity contribution in [1.29, 1.82) is 0 Å². The van der Waals surface area contributed by atoms with E-state index in [9.17, 15) is 22.8 Å². The molecule has 1 saturated heterocycles. The molecule has 1 N–H and O–H groups in total. The van der Waals surface area contributed by atoms with Gasteiger partial charge in [-0.2, -0.15) is 13.2 Å². The van der Waals surface area contributed by atoms with Crippen LogP contribution in [-0.2, 0) is 9.53 Å². The van der Waals surface area contributed by atoms with Crippen molar-refractivity contribution in [1.82, 2.24) is 15.2 Å². The van der Waals surface area contributed by atoms with Crippen molar-refractivity contribution in [3.05, 3.63) is 30.1 Å². The van der Waals surface area contributed by atoms with Crippen LogP contribution in [0.2, 0.25) is 0 Å². The van der Waals surface area contributed by atoms with Gasteiger partial charge in [0.2, 0.25) is 5.91 Å². The van der Waals surface area contributed by atoms with Crippen molar-refractivity contribution in [2.75, 3.05) is 13.2 Å². The molecule has 2 heterocycles. The topological polar surface area (TPSA) is 71.5 Å². The second-order valence-electron chi connectivity index (χ2n) is 5.53. The van der Waals surface area contributed by atoms with Crippen LogP contribution in [0, 0.1) is 0 Å². The van der Waals surface area contributed by atoms with Gasteiger partial charge in [0.05, 0.1) is 6.04 Å². The molecule has 0 spiro atoms. The van der Waals surface area contributed by atoms with Gasteiger partial charge in [0.25, 0.3) is 0 Å². The zero-order valence-electron chi connectivity index (χ0n) is 13.0. The normalized spacial score (nSPS) is 19.0. The van der Waals surface area contributed by atoms with Crippen LogP contribution in [0.3, 0.4) is 0 Å². The van der Waals surface area contributed by atoms with Crippen molar-refractivity contribution in [2.24, 2.45) is 0 Å². The number of alkyl halides is 3. The third kappa shape index (κ3) is 4.84. The first-order valence-electron chi connectivity index (χ1n) is 7.48. The lowest BCUT2D eigenvalue weighted by atomic mass is 10.1. The second kappa shape index (κ2) is 7.50. The Morgan fingerprint density at radius 3 is 2.71 bits per heavy atom. The summed E-state index contributed by atoms with van der Waals surface area (Å²) in [4.78, 5) is 29.1. The molecular weight excluding hydrogens is 327 g/mol. The molecule has 2 atom stereocenters. The molecule has 1 aromatic rings. The molecule has 24 heavy (non-hydrogen) atoms. The van der Waals surface area contributed by atoms with Crippen LogP contribution >= 0.6 is 0 Å². The average Bonchev–Trinajstić information content (AvgIpc) is 3.02. The van der Waals surface area contributed by atoms with E-state index in [0.29, 0.717) is 12.8 Å². The Morgan fingerprint density at radius 1 is 1.42 bits per heavy atom. The number of nitrogens with one attached hydrogen (secondary N) is 1. The maximum atomic E-state index is 12.3. The Morgan fingerprint density at radius 2 is 2.08 bits per heavy atom. The summed E-state index contributed by atoms with van der Waals surface area (Å²) >= 11 is 0. The Hall–Kier alpha value is -2.32. The summed E-state index contributed by atoms with van der Waals surface area (Å²) in [6.07, 6.45) is -1.62. The minimum atomic E-state index is -4.59. The first-order valence-corrected chi connectivity index (χ1v) is 7.48. The minimum absolute atomic E-state index is 0.193. The van der Waals surface area contributed by atoms with Gasteiger partial charge in [-0.15, -0.1) is 0 Å². The standard InChI is InChI=1S/C15H18F3N3O3/c1-10(11-4-6-19-7-5-11)20-13(22)12-3-2-8-21(12)14(23)24-9-15(16,17)18/h4-7,10,12H,2-3,8-9H2,1H3,(H,20,22)/t10-,12-/m0/s1. The van der Waals surface area contributed by atoms with E-state index in [1.165, 1.54) is 0 Å². The highest BCUT2D eigenvalue weighted by Crippen LogP contribution is 2.22. The minimum Gasteiger partial charge on any atom is -0.440 e. The van der Waals surface area contributed by atoms with Crippen LogP contribution in [0.5, 0.6) is 0 Å². The first kappa shape index (κ1) is 18.0. The van der Waals surface area contributed by atoms with Crippen molar-refractivity contribution in [3.63, 3.8) is 0 Å². The van der Waals surface area contributed by atoms with Crippen molar-refractivity contribution in [3.8, 4) is 0 Å². The van der Waals surface area contributed by atoms with E-state index < -0.39 is 30.8 Å². The van der Waals surface area contributed by atoms with Gasteiger partial charge in [-0.25, -0.2) is 4.79 Å². The van der Waals surface area contributed by atoms with E-state index >= 15 is 0 Å². The second-order valence-corrected chi connectivity index (χ2v) is 5.53. The summed E-state index contributed by atoms with van der Waals surface area (Å²) in [5.74, 6) is -0.416. The SMILES string of the molecule is C[C@H](NC(=O)[C@@H]1CCCN1C(=O)OCC(F)(F)F)c1ccncc1.